The Hall–Kier alpha value is -2.75. The number of aryl methyl sites for hydroxylation is 2. The molecule has 0 atom stereocenters. The Morgan fingerprint density at radius 1 is 1.11 bits per heavy atom. The predicted molar refractivity (Wildman–Crippen MR) is 106 cm³/mol. The molecule has 3 rings (SSSR count). The van der Waals surface area contributed by atoms with Crippen molar-refractivity contribution in [1.82, 2.24) is 24.8 Å². The van der Waals surface area contributed by atoms with Crippen molar-refractivity contribution in [2.75, 3.05) is 38.1 Å². The van der Waals surface area contributed by atoms with Crippen molar-refractivity contribution in [2.45, 2.75) is 27.2 Å². The van der Waals surface area contributed by atoms with E-state index < -0.39 is 0 Å². The SMILES string of the molecule is CCOC(=O)N1CCN(C(=O)Cc2csc(Nc3nc(C)cc(C)n3)n2)CC1. The fraction of sp³-hybridized carbons (Fsp3) is 0.500. The summed E-state index contributed by atoms with van der Waals surface area (Å²) in [5, 5.41) is 5.60. The molecule has 0 aromatic carbocycles. The number of rotatable bonds is 5. The van der Waals surface area contributed by atoms with E-state index in [1.807, 2.05) is 25.3 Å². The Labute approximate surface area is 167 Å². The van der Waals surface area contributed by atoms with Crippen molar-refractivity contribution in [1.29, 1.82) is 0 Å². The molecule has 1 aliphatic rings. The third-order valence-corrected chi connectivity index (χ3v) is 5.05. The van der Waals surface area contributed by atoms with Gasteiger partial charge in [0.05, 0.1) is 18.7 Å². The molecule has 0 spiro atoms. The second-order valence-corrected chi connectivity index (χ2v) is 7.34. The molecule has 2 aromatic heterocycles. The van der Waals surface area contributed by atoms with Crippen molar-refractivity contribution >= 4 is 34.4 Å². The van der Waals surface area contributed by atoms with Crippen LogP contribution in [0.4, 0.5) is 15.9 Å². The normalized spacial score (nSPS) is 14.1. The largest absolute Gasteiger partial charge is 0.450 e. The van der Waals surface area contributed by atoms with Gasteiger partial charge >= 0.3 is 6.09 Å². The van der Waals surface area contributed by atoms with Crippen LogP contribution in [0.3, 0.4) is 0 Å². The summed E-state index contributed by atoms with van der Waals surface area (Å²) in [6.07, 6.45) is -0.0934. The van der Waals surface area contributed by atoms with E-state index in [9.17, 15) is 9.59 Å². The molecule has 28 heavy (non-hydrogen) atoms. The molecule has 0 aliphatic carbocycles. The van der Waals surface area contributed by atoms with Crippen molar-refractivity contribution in [3.63, 3.8) is 0 Å². The number of hydrogen-bond acceptors (Lipinski definition) is 8. The summed E-state index contributed by atoms with van der Waals surface area (Å²) in [6, 6.07) is 1.90. The monoisotopic (exact) mass is 404 g/mol. The Bertz CT molecular complexity index is 827. The fourth-order valence-electron chi connectivity index (χ4n) is 2.94. The minimum absolute atomic E-state index is 0.00279. The molecule has 0 saturated carbocycles. The van der Waals surface area contributed by atoms with Crippen LogP contribution < -0.4 is 5.32 Å². The third-order valence-electron chi connectivity index (χ3n) is 4.24. The highest BCUT2D eigenvalue weighted by molar-refractivity contribution is 7.13. The molecule has 150 valence electrons. The standard InChI is InChI=1S/C18H24N6O3S/c1-4-27-18(26)24-7-5-23(6-8-24)15(25)10-14-11-28-17(21-14)22-16-19-12(2)9-13(3)20-16/h9,11H,4-8,10H2,1-3H3,(H,19,20,21,22). The topological polar surface area (TPSA) is 101 Å². The molecular weight excluding hydrogens is 380 g/mol. The number of nitrogens with zero attached hydrogens (tertiary/aromatic N) is 5. The maximum absolute atomic E-state index is 12.5. The van der Waals surface area contributed by atoms with Gasteiger partial charge in [0.15, 0.2) is 5.13 Å². The Morgan fingerprint density at radius 2 is 1.75 bits per heavy atom. The van der Waals surface area contributed by atoms with E-state index in [0.29, 0.717) is 49.6 Å². The minimum Gasteiger partial charge on any atom is -0.450 e. The lowest BCUT2D eigenvalue weighted by Gasteiger charge is -2.34. The van der Waals surface area contributed by atoms with E-state index in [-0.39, 0.29) is 18.4 Å². The van der Waals surface area contributed by atoms with Gasteiger partial charge in [0.25, 0.3) is 0 Å². The number of amides is 2. The van der Waals surface area contributed by atoms with E-state index in [2.05, 4.69) is 20.3 Å². The van der Waals surface area contributed by atoms with E-state index in [4.69, 9.17) is 4.74 Å². The average molecular weight is 404 g/mol. The third kappa shape index (κ3) is 5.16. The number of carbonyl (C=O) groups excluding carboxylic acids is 2. The van der Waals surface area contributed by atoms with Crippen LogP contribution in [-0.2, 0) is 16.0 Å². The highest BCUT2D eigenvalue weighted by atomic mass is 32.1. The van der Waals surface area contributed by atoms with Crippen molar-refractivity contribution in [3.8, 4) is 0 Å². The van der Waals surface area contributed by atoms with Crippen molar-refractivity contribution in [2.24, 2.45) is 0 Å². The van der Waals surface area contributed by atoms with Crippen LogP contribution >= 0.6 is 11.3 Å². The molecular formula is C18H24N6O3S. The van der Waals surface area contributed by atoms with Gasteiger partial charge in [0.1, 0.15) is 0 Å². The molecule has 3 heterocycles. The van der Waals surface area contributed by atoms with Crippen molar-refractivity contribution in [3.05, 3.63) is 28.5 Å². The van der Waals surface area contributed by atoms with Crippen LogP contribution in [-0.4, -0.2) is 69.5 Å². The van der Waals surface area contributed by atoms with E-state index in [0.717, 1.165) is 11.4 Å². The van der Waals surface area contributed by atoms with Gasteiger partial charge in [-0.2, -0.15) is 0 Å². The van der Waals surface area contributed by atoms with Gasteiger partial charge in [-0.05, 0) is 26.8 Å². The maximum Gasteiger partial charge on any atom is 0.409 e. The number of ether oxygens (including phenoxy) is 1. The minimum atomic E-state index is -0.321. The summed E-state index contributed by atoms with van der Waals surface area (Å²) in [7, 11) is 0. The number of aromatic nitrogens is 3. The highest BCUT2D eigenvalue weighted by Crippen LogP contribution is 2.20. The first-order valence-corrected chi connectivity index (χ1v) is 10.1. The molecule has 1 aliphatic heterocycles. The first-order chi connectivity index (χ1) is 13.4. The van der Waals surface area contributed by atoms with Gasteiger partial charge in [-0.25, -0.2) is 19.7 Å². The highest BCUT2D eigenvalue weighted by Gasteiger charge is 2.25. The van der Waals surface area contributed by atoms with Gasteiger partial charge in [-0.3, -0.25) is 4.79 Å². The predicted octanol–water partition coefficient (Wildman–Crippen LogP) is 2.14. The number of carbonyl (C=O) groups is 2. The molecule has 9 nitrogen and oxygen atoms in total. The molecule has 2 aromatic rings. The molecule has 0 bridgehead atoms. The van der Waals surface area contributed by atoms with E-state index in [1.165, 1.54) is 11.3 Å². The second kappa shape index (κ2) is 8.96. The van der Waals surface area contributed by atoms with E-state index >= 15 is 0 Å². The molecule has 0 radical (unpaired) electrons. The van der Waals surface area contributed by atoms with Gasteiger partial charge in [0, 0.05) is 42.9 Å². The second-order valence-electron chi connectivity index (χ2n) is 6.49. The molecule has 0 unspecified atom stereocenters. The zero-order chi connectivity index (χ0) is 20.1. The van der Waals surface area contributed by atoms with Crippen LogP contribution in [0.25, 0.3) is 0 Å². The number of nitrogens with one attached hydrogen (secondary N) is 1. The summed E-state index contributed by atoms with van der Waals surface area (Å²) < 4.78 is 5.00. The summed E-state index contributed by atoms with van der Waals surface area (Å²) in [5.74, 6) is 0.503. The van der Waals surface area contributed by atoms with Crippen LogP contribution in [0, 0.1) is 13.8 Å². The maximum atomic E-state index is 12.5. The molecule has 1 fully saturated rings. The number of hydrogen-bond donors (Lipinski definition) is 1. The van der Waals surface area contributed by atoms with Gasteiger partial charge in [-0.15, -0.1) is 11.3 Å². The summed E-state index contributed by atoms with van der Waals surface area (Å²) in [4.78, 5) is 40.8. The summed E-state index contributed by atoms with van der Waals surface area (Å²) >= 11 is 1.41. The Balaban J connectivity index is 1.52. The van der Waals surface area contributed by atoms with Crippen LogP contribution in [0.5, 0.6) is 0 Å². The summed E-state index contributed by atoms with van der Waals surface area (Å²) in [6.45, 7) is 7.93. The zero-order valence-corrected chi connectivity index (χ0v) is 17.1. The van der Waals surface area contributed by atoms with Crippen molar-refractivity contribution < 1.29 is 14.3 Å². The quantitative estimate of drug-likeness (QED) is 0.815. The molecule has 1 N–H and O–H groups in total. The number of anilines is 2. The fourth-order valence-corrected chi connectivity index (χ4v) is 3.65. The lowest BCUT2D eigenvalue weighted by molar-refractivity contribution is -0.132. The molecule has 10 heteroatoms. The van der Waals surface area contributed by atoms with E-state index in [1.54, 1.807) is 16.7 Å². The lowest BCUT2D eigenvalue weighted by atomic mass is 10.2. The van der Waals surface area contributed by atoms with Crippen LogP contribution in [0.15, 0.2) is 11.4 Å². The lowest BCUT2D eigenvalue weighted by Crippen LogP contribution is -2.51. The van der Waals surface area contributed by atoms with Crippen LogP contribution in [0.2, 0.25) is 0 Å². The van der Waals surface area contributed by atoms with Gasteiger partial charge in [-0.1, -0.05) is 0 Å². The first-order valence-electron chi connectivity index (χ1n) is 9.17. The zero-order valence-electron chi connectivity index (χ0n) is 16.3. The molecule has 1 saturated heterocycles. The number of thiazole rings is 1. The van der Waals surface area contributed by atoms with Crippen LogP contribution in [0.1, 0.15) is 24.0 Å². The van der Waals surface area contributed by atoms with Gasteiger partial charge < -0.3 is 19.9 Å². The number of piperazine rings is 1. The Kier molecular flexibility index (Phi) is 6.40. The van der Waals surface area contributed by atoms with Gasteiger partial charge in [0.2, 0.25) is 11.9 Å². The summed E-state index contributed by atoms with van der Waals surface area (Å²) in [5.41, 5.74) is 2.46. The smallest absolute Gasteiger partial charge is 0.409 e. The average Bonchev–Trinajstić information content (AvgIpc) is 3.08. The molecule has 2 amide bonds. The Morgan fingerprint density at radius 3 is 2.39 bits per heavy atom. The first kappa shape index (κ1) is 20.0.